The van der Waals surface area contributed by atoms with E-state index in [2.05, 4.69) is 10.3 Å². The number of aldehydes is 1. The molecule has 1 heterocycles. The molecule has 110 valence electrons. The smallest absolute Gasteiger partial charge is 0.264 e. The third-order valence-corrected chi connectivity index (χ3v) is 3.13. The van der Waals surface area contributed by atoms with Crippen molar-refractivity contribution in [3.8, 4) is 11.5 Å². The van der Waals surface area contributed by atoms with E-state index in [9.17, 15) is 9.59 Å². The lowest BCUT2D eigenvalue weighted by atomic mass is 10.2. The number of thiazole rings is 1. The van der Waals surface area contributed by atoms with Crippen molar-refractivity contribution >= 4 is 28.7 Å². The Bertz CT molecular complexity index is 613. The second-order valence-electron chi connectivity index (χ2n) is 3.93. The van der Waals surface area contributed by atoms with Crippen LogP contribution in [0, 0.1) is 0 Å². The summed E-state index contributed by atoms with van der Waals surface area (Å²) < 4.78 is 10.8. The molecule has 2 rings (SSSR count). The van der Waals surface area contributed by atoms with Crippen LogP contribution in [0.3, 0.4) is 0 Å². The van der Waals surface area contributed by atoms with Gasteiger partial charge in [0.1, 0.15) is 6.29 Å². The van der Waals surface area contributed by atoms with Crippen molar-refractivity contribution in [3.63, 3.8) is 0 Å². The molecule has 0 saturated carbocycles. The van der Waals surface area contributed by atoms with Gasteiger partial charge in [-0.15, -0.1) is 11.3 Å². The third-order valence-electron chi connectivity index (χ3n) is 2.44. The van der Waals surface area contributed by atoms with E-state index in [4.69, 9.17) is 9.47 Å². The van der Waals surface area contributed by atoms with Crippen LogP contribution >= 0.6 is 11.3 Å². The molecular weight excluding hydrogens is 292 g/mol. The summed E-state index contributed by atoms with van der Waals surface area (Å²) in [7, 11) is 0. The molecule has 0 bridgehead atoms. The number of carbonyl (C=O) groups excluding carboxylic acids is 2. The zero-order chi connectivity index (χ0) is 15.1. The maximum atomic E-state index is 11.7. The Labute approximate surface area is 125 Å². The standard InChI is InChI=1S/C14H14N2O4S/c1-2-19-12-7-10(8-17)3-4-11(12)20-9-13(18)16-14-15-5-6-21-14/h3-8H,2,9H2,1H3,(H,15,16,18). The normalized spacial score (nSPS) is 9.95. The van der Waals surface area contributed by atoms with Crippen molar-refractivity contribution < 1.29 is 19.1 Å². The lowest BCUT2D eigenvalue weighted by molar-refractivity contribution is -0.118. The zero-order valence-electron chi connectivity index (χ0n) is 11.4. The van der Waals surface area contributed by atoms with E-state index in [1.807, 2.05) is 6.92 Å². The average molecular weight is 306 g/mol. The van der Waals surface area contributed by atoms with Crippen molar-refractivity contribution in [1.29, 1.82) is 0 Å². The SMILES string of the molecule is CCOc1cc(C=O)ccc1OCC(=O)Nc1nccs1. The van der Waals surface area contributed by atoms with Crippen LogP contribution in [0.5, 0.6) is 11.5 Å². The van der Waals surface area contributed by atoms with Gasteiger partial charge in [0.25, 0.3) is 5.91 Å². The van der Waals surface area contributed by atoms with Gasteiger partial charge in [-0.25, -0.2) is 4.98 Å². The molecule has 0 spiro atoms. The van der Waals surface area contributed by atoms with Crippen LogP contribution in [0.15, 0.2) is 29.8 Å². The number of hydrogen-bond acceptors (Lipinski definition) is 6. The van der Waals surface area contributed by atoms with Crippen LogP contribution in [0.2, 0.25) is 0 Å². The highest BCUT2D eigenvalue weighted by atomic mass is 32.1. The molecule has 0 radical (unpaired) electrons. The molecule has 1 aromatic carbocycles. The number of nitrogens with one attached hydrogen (secondary N) is 1. The Morgan fingerprint density at radius 2 is 2.24 bits per heavy atom. The topological polar surface area (TPSA) is 77.5 Å². The second-order valence-corrected chi connectivity index (χ2v) is 4.83. The molecule has 0 unspecified atom stereocenters. The zero-order valence-corrected chi connectivity index (χ0v) is 12.2. The van der Waals surface area contributed by atoms with Gasteiger partial charge < -0.3 is 9.47 Å². The van der Waals surface area contributed by atoms with Gasteiger partial charge >= 0.3 is 0 Å². The molecule has 0 saturated heterocycles. The van der Waals surface area contributed by atoms with Crippen molar-refractivity contribution in [2.24, 2.45) is 0 Å². The Balaban J connectivity index is 1.98. The monoisotopic (exact) mass is 306 g/mol. The fourth-order valence-electron chi connectivity index (χ4n) is 1.57. The summed E-state index contributed by atoms with van der Waals surface area (Å²) in [5.41, 5.74) is 0.484. The molecule has 2 aromatic rings. The number of carbonyl (C=O) groups is 2. The van der Waals surface area contributed by atoms with E-state index in [0.29, 0.717) is 28.8 Å². The van der Waals surface area contributed by atoms with Crippen molar-refractivity contribution in [3.05, 3.63) is 35.3 Å². The van der Waals surface area contributed by atoms with E-state index < -0.39 is 0 Å². The van der Waals surface area contributed by atoms with Gasteiger partial charge in [-0.3, -0.25) is 14.9 Å². The highest BCUT2D eigenvalue weighted by Crippen LogP contribution is 2.28. The maximum absolute atomic E-state index is 11.7. The lowest BCUT2D eigenvalue weighted by Crippen LogP contribution is -2.20. The molecular formula is C14H14N2O4S. The lowest BCUT2D eigenvalue weighted by Gasteiger charge is -2.11. The highest BCUT2D eigenvalue weighted by Gasteiger charge is 2.10. The number of hydrogen-bond donors (Lipinski definition) is 1. The third kappa shape index (κ3) is 4.28. The number of benzene rings is 1. The maximum Gasteiger partial charge on any atom is 0.264 e. The summed E-state index contributed by atoms with van der Waals surface area (Å²) in [4.78, 5) is 26.4. The Morgan fingerprint density at radius 1 is 1.38 bits per heavy atom. The van der Waals surface area contributed by atoms with Crippen molar-refractivity contribution in [2.75, 3.05) is 18.5 Å². The van der Waals surface area contributed by atoms with E-state index in [1.54, 1.807) is 29.8 Å². The quantitative estimate of drug-likeness (QED) is 0.795. The molecule has 6 nitrogen and oxygen atoms in total. The molecule has 0 aliphatic carbocycles. The van der Waals surface area contributed by atoms with E-state index in [1.165, 1.54) is 11.3 Å². The average Bonchev–Trinajstić information content (AvgIpc) is 2.99. The molecule has 21 heavy (non-hydrogen) atoms. The van der Waals surface area contributed by atoms with Crippen LogP contribution in [0.25, 0.3) is 0 Å². The van der Waals surface area contributed by atoms with Crippen LogP contribution in [-0.4, -0.2) is 30.4 Å². The van der Waals surface area contributed by atoms with Gasteiger partial charge in [0.15, 0.2) is 23.2 Å². The highest BCUT2D eigenvalue weighted by molar-refractivity contribution is 7.13. The van der Waals surface area contributed by atoms with Crippen LogP contribution in [0.4, 0.5) is 5.13 Å². The Kier molecular flexibility index (Phi) is 5.28. The summed E-state index contributed by atoms with van der Waals surface area (Å²) in [6.07, 6.45) is 2.33. The summed E-state index contributed by atoms with van der Waals surface area (Å²) >= 11 is 1.33. The fourth-order valence-corrected chi connectivity index (χ4v) is 2.11. The Morgan fingerprint density at radius 3 is 2.90 bits per heavy atom. The first-order chi connectivity index (χ1) is 10.2. The number of aromatic nitrogens is 1. The molecule has 1 aromatic heterocycles. The molecule has 0 atom stereocenters. The Hall–Kier alpha value is -2.41. The van der Waals surface area contributed by atoms with Gasteiger partial charge in [-0.1, -0.05) is 0 Å². The van der Waals surface area contributed by atoms with Crippen LogP contribution < -0.4 is 14.8 Å². The number of ether oxygens (including phenoxy) is 2. The summed E-state index contributed by atoms with van der Waals surface area (Å²) in [6.45, 7) is 2.09. The number of anilines is 1. The van der Waals surface area contributed by atoms with Gasteiger partial charge in [0, 0.05) is 17.1 Å². The van der Waals surface area contributed by atoms with Crippen LogP contribution in [0.1, 0.15) is 17.3 Å². The largest absolute Gasteiger partial charge is 0.490 e. The first-order valence-corrected chi connectivity index (χ1v) is 7.15. The molecule has 0 aliphatic heterocycles. The van der Waals surface area contributed by atoms with Crippen molar-refractivity contribution in [1.82, 2.24) is 4.98 Å². The minimum Gasteiger partial charge on any atom is -0.490 e. The van der Waals surface area contributed by atoms with Crippen molar-refractivity contribution in [2.45, 2.75) is 6.92 Å². The predicted molar refractivity (Wildman–Crippen MR) is 79.2 cm³/mol. The molecule has 0 aliphatic rings. The molecule has 7 heteroatoms. The first-order valence-electron chi connectivity index (χ1n) is 6.27. The number of nitrogens with zero attached hydrogens (tertiary/aromatic N) is 1. The van der Waals surface area contributed by atoms with Gasteiger partial charge in [0.05, 0.1) is 6.61 Å². The summed E-state index contributed by atoms with van der Waals surface area (Å²) in [5.74, 6) is 0.535. The minimum absolute atomic E-state index is 0.167. The summed E-state index contributed by atoms with van der Waals surface area (Å²) in [5, 5.41) is 4.90. The number of rotatable bonds is 7. The van der Waals surface area contributed by atoms with Gasteiger partial charge in [-0.2, -0.15) is 0 Å². The molecule has 1 amide bonds. The van der Waals surface area contributed by atoms with Gasteiger partial charge in [0.2, 0.25) is 0 Å². The predicted octanol–water partition coefficient (Wildman–Crippen LogP) is 2.37. The minimum atomic E-state index is -0.313. The first kappa shape index (κ1) is 15.0. The summed E-state index contributed by atoms with van der Waals surface area (Å²) in [6, 6.07) is 4.78. The molecule has 0 fully saturated rings. The van der Waals surface area contributed by atoms with E-state index in [0.717, 1.165) is 6.29 Å². The van der Waals surface area contributed by atoms with E-state index in [-0.39, 0.29) is 12.5 Å². The van der Waals surface area contributed by atoms with Crippen LogP contribution in [-0.2, 0) is 4.79 Å². The fraction of sp³-hybridized carbons (Fsp3) is 0.214. The second kappa shape index (κ2) is 7.39. The number of amides is 1. The molecule has 1 N–H and O–H groups in total. The van der Waals surface area contributed by atoms with E-state index >= 15 is 0 Å². The van der Waals surface area contributed by atoms with Gasteiger partial charge in [-0.05, 0) is 25.1 Å².